The molecule has 1 fully saturated rings. The zero-order valence-corrected chi connectivity index (χ0v) is 10.7. The molecule has 2 rings (SSSR count). The second kappa shape index (κ2) is 5.34. The Labute approximate surface area is 103 Å². The van der Waals surface area contributed by atoms with Gasteiger partial charge in [-0.1, -0.05) is 26.7 Å². The topological polar surface area (TPSA) is 63.8 Å². The molecule has 2 atom stereocenters. The number of anilines is 2. The zero-order valence-electron chi connectivity index (χ0n) is 10.7. The lowest BCUT2D eigenvalue weighted by molar-refractivity contribution is 0.253. The van der Waals surface area contributed by atoms with Crippen LogP contribution in [0.2, 0.25) is 0 Å². The summed E-state index contributed by atoms with van der Waals surface area (Å²) in [7, 11) is 0. The highest BCUT2D eigenvalue weighted by molar-refractivity contribution is 5.59. The van der Waals surface area contributed by atoms with Gasteiger partial charge in [-0.15, -0.1) is 0 Å². The Bertz CT molecular complexity index is 364. The summed E-state index contributed by atoms with van der Waals surface area (Å²) in [4.78, 5) is 8.13. The van der Waals surface area contributed by atoms with Gasteiger partial charge in [0.2, 0.25) is 0 Å². The normalized spacial score (nSPS) is 24.9. The molecule has 0 radical (unpaired) electrons. The molecule has 1 aliphatic rings. The number of nitrogens with zero attached hydrogens (tertiary/aromatic N) is 2. The fourth-order valence-electron chi connectivity index (χ4n) is 2.77. The van der Waals surface area contributed by atoms with Gasteiger partial charge in [0, 0.05) is 6.04 Å². The van der Waals surface area contributed by atoms with E-state index in [4.69, 9.17) is 5.73 Å². The van der Waals surface area contributed by atoms with Crippen LogP contribution >= 0.6 is 0 Å². The molecule has 0 amide bonds. The minimum atomic E-state index is 0.501. The van der Waals surface area contributed by atoms with Crippen LogP contribution in [0, 0.1) is 11.8 Å². The quantitative estimate of drug-likeness (QED) is 0.844. The van der Waals surface area contributed by atoms with E-state index >= 15 is 0 Å². The van der Waals surface area contributed by atoms with Crippen LogP contribution in [-0.2, 0) is 0 Å². The minimum absolute atomic E-state index is 0.501. The van der Waals surface area contributed by atoms with E-state index in [1.54, 1.807) is 12.5 Å². The molecule has 1 aromatic rings. The molecule has 0 bridgehead atoms. The molecule has 3 N–H and O–H groups in total. The first kappa shape index (κ1) is 12.1. The van der Waals surface area contributed by atoms with E-state index in [1.165, 1.54) is 25.7 Å². The van der Waals surface area contributed by atoms with Crippen molar-refractivity contribution in [3.63, 3.8) is 0 Å². The van der Waals surface area contributed by atoms with Crippen molar-refractivity contribution in [2.75, 3.05) is 11.1 Å². The average Bonchev–Trinajstić information content (AvgIpc) is 2.32. The van der Waals surface area contributed by atoms with Gasteiger partial charge in [-0.25, -0.2) is 9.97 Å². The summed E-state index contributed by atoms with van der Waals surface area (Å²) in [6.07, 6.45) is 8.37. The van der Waals surface area contributed by atoms with Crippen LogP contribution < -0.4 is 11.1 Å². The van der Waals surface area contributed by atoms with Crippen molar-refractivity contribution in [1.29, 1.82) is 0 Å². The third-order valence-electron chi connectivity index (χ3n) is 3.74. The van der Waals surface area contributed by atoms with Crippen LogP contribution in [0.25, 0.3) is 0 Å². The van der Waals surface area contributed by atoms with Gasteiger partial charge >= 0.3 is 0 Å². The first-order chi connectivity index (χ1) is 8.18. The smallest absolute Gasteiger partial charge is 0.152 e. The largest absolute Gasteiger partial charge is 0.394 e. The lowest BCUT2D eigenvalue weighted by atomic mass is 9.78. The number of hydrogen-bond acceptors (Lipinski definition) is 4. The Balaban J connectivity index is 2.08. The molecular formula is C13H22N4. The lowest BCUT2D eigenvalue weighted by Crippen LogP contribution is -2.35. The molecule has 1 aromatic heterocycles. The number of hydrogen-bond donors (Lipinski definition) is 2. The SMILES string of the molecule is CC(C)C1CCCCC1Nc1ncncc1N. The maximum Gasteiger partial charge on any atom is 0.152 e. The molecule has 4 heteroatoms. The number of rotatable bonds is 3. The summed E-state index contributed by atoms with van der Waals surface area (Å²) in [5.41, 5.74) is 6.51. The van der Waals surface area contributed by atoms with E-state index in [-0.39, 0.29) is 0 Å². The van der Waals surface area contributed by atoms with E-state index in [1.807, 2.05) is 0 Å². The predicted molar refractivity (Wildman–Crippen MR) is 70.7 cm³/mol. The molecule has 2 unspecified atom stereocenters. The number of nitrogens with two attached hydrogens (primary N) is 1. The molecule has 0 aliphatic heterocycles. The highest BCUT2D eigenvalue weighted by Gasteiger charge is 2.27. The van der Waals surface area contributed by atoms with Gasteiger partial charge in [-0.3, -0.25) is 0 Å². The van der Waals surface area contributed by atoms with Crippen molar-refractivity contribution in [2.24, 2.45) is 11.8 Å². The van der Waals surface area contributed by atoms with Gasteiger partial charge in [0.1, 0.15) is 6.33 Å². The zero-order chi connectivity index (χ0) is 12.3. The second-order valence-electron chi connectivity index (χ2n) is 5.27. The number of nitrogen functional groups attached to an aromatic ring is 1. The fraction of sp³-hybridized carbons (Fsp3) is 0.692. The van der Waals surface area contributed by atoms with Crippen molar-refractivity contribution < 1.29 is 0 Å². The Hall–Kier alpha value is -1.32. The highest BCUT2D eigenvalue weighted by Crippen LogP contribution is 2.32. The summed E-state index contributed by atoms with van der Waals surface area (Å²) in [6, 6.07) is 0.501. The summed E-state index contributed by atoms with van der Waals surface area (Å²) in [6.45, 7) is 4.60. The second-order valence-corrected chi connectivity index (χ2v) is 5.27. The highest BCUT2D eigenvalue weighted by atomic mass is 15.1. The first-order valence-electron chi connectivity index (χ1n) is 6.50. The molecule has 1 heterocycles. The van der Waals surface area contributed by atoms with Crippen LogP contribution in [0.1, 0.15) is 39.5 Å². The van der Waals surface area contributed by atoms with Gasteiger partial charge in [0.05, 0.1) is 11.9 Å². The molecule has 0 aromatic carbocycles. The lowest BCUT2D eigenvalue weighted by Gasteiger charge is -2.35. The summed E-state index contributed by atoms with van der Waals surface area (Å²) in [5, 5.41) is 3.50. The van der Waals surface area contributed by atoms with Crippen molar-refractivity contribution >= 4 is 11.5 Å². The van der Waals surface area contributed by atoms with Crippen LogP contribution in [0.4, 0.5) is 11.5 Å². The molecule has 1 saturated carbocycles. The van der Waals surface area contributed by atoms with Crippen LogP contribution in [0.3, 0.4) is 0 Å². The molecule has 4 nitrogen and oxygen atoms in total. The third-order valence-corrected chi connectivity index (χ3v) is 3.74. The van der Waals surface area contributed by atoms with Crippen molar-refractivity contribution in [3.8, 4) is 0 Å². The van der Waals surface area contributed by atoms with Gasteiger partial charge < -0.3 is 11.1 Å². The minimum Gasteiger partial charge on any atom is -0.394 e. The van der Waals surface area contributed by atoms with Gasteiger partial charge in [-0.05, 0) is 24.7 Å². The predicted octanol–water partition coefficient (Wildman–Crippen LogP) is 2.69. The fourth-order valence-corrected chi connectivity index (χ4v) is 2.77. The molecule has 17 heavy (non-hydrogen) atoms. The van der Waals surface area contributed by atoms with Crippen LogP contribution in [-0.4, -0.2) is 16.0 Å². The molecule has 0 spiro atoms. The van der Waals surface area contributed by atoms with Gasteiger partial charge in [0.15, 0.2) is 5.82 Å². The molecule has 1 aliphatic carbocycles. The van der Waals surface area contributed by atoms with Crippen LogP contribution in [0.15, 0.2) is 12.5 Å². The third kappa shape index (κ3) is 2.87. The Morgan fingerprint density at radius 2 is 2.12 bits per heavy atom. The first-order valence-corrected chi connectivity index (χ1v) is 6.50. The van der Waals surface area contributed by atoms with E-state index < -0.39 is 0 Å². The monoisotopic (exact) mass is 234 g/mol. The maximum atomic E-state index is 5.87. The molecule has 94 valence electrons. The van der Waals surface area contributed by atoms with Gasteiger partial charge in [0.25, 0.3) is 0 Å². The summed E-state index contributed by atoms with van der Waals surface area (Å²) in [5.74, 6) is 2.21. The Morgan fingerprint density at radius 3 is 2.82 bits per heavy atom. The van der Waals surface area contributed by atoms with E-state index in [0.717, 1.165) is 11.7 Å². The van der Waals surface area contributed by atoms with E-state index in [2.05, 4.69) is 29.1 Å². The Kier molecular flexibility index (Phi) is 3.82. The maximum absolute atomic E-state index is 5.87. The van der Waals surface area contributed by atoms with Crippen molar-refractivity contribution in [1.82, 2.24) is 9.97 Å². The standard InChI is InChI=1S/C13H22N4/c1-9(2)10-5-3-4-6-12(10)17-13-11(14)7-15-8-16-13/h7-10,12H,3-6,14H2,1-2H3,(H,15,16,17). The van der Waals surface area contributed by atoms with Crippen molar-refractivity contribution in [3.05, 3.63) is 12.5 Å². The molecule has 0 saturated heterocycles. The Morgan fingerprint density at radius 1 is 1.35 bits per heavy atom. The summed E-state index contributed by atoms with van der Waals surface area (Å²) >= 11 is 0. The van der Waals surface area contributed by atoms with E-state index in [9.17, 15) is 0 Å². The van der Waals surface area contributed by atoms with E-state index in [0.29, 0.717) is 17.6 Å². The number of aromatic nitrogens is 2. The van der Waals surface area contributed by atoms with Gasteiger partial charge in [-0.2, -0.15) is 0 Å². The van der Waals surface area contributed by atoms with Crippen molar-refractivity contribution in [2.45, 2.75) is 45.6 Å². The average molecular weight is 234 g/mol. The number of nitrogens with one attached hydrogen (secondary N) is 1. The van der Waals surface area contributed by atoms with Crippen LogP contribution in [0.5, 0.6) is 0 Å². The molecular weight excluding hydrogens is 212 g/mol. The summed E-state index contributed by atoms with van der Waals surface area (Å²) < 4.78 is 0.